The molecule has 0 aliphatic rings. The molecule has 3 heteroatoms. The van der Waals surface area contributed by atoms with E-state index in [1.54, 1.807) is 12.1 Å². The summed E-state index contributed by atoms with van der Waals surface area (Å²) in [5.41, 5.74) is 2.06. The molecule has 0 saturated carbocycles. The third kappa shape index (κ3) is 4.93. The molecule has 3 nitrogen and oxygen atoms in total. The first-order chi connectivity index (χ1) is 11.8. The third-order valence-corrected chi connectivity index (χ3v) is 4.29. The van der Waals surface area contributed by atoms with Crippen LogP contribution in [0.15, 0.2) is 48.5 Å². The molecule has 0 spiro atoms. The molecule has 0 aliphatic heterocycles. The van der Waals surface area contributed by atoms with Crippen LogP contribution in [0, 0.1) is 0 Å². The molecule has 0 saturated heterocycles. The largest absolute Gasteiger partial charge is 0.340 e. The highest BCUT2D eigenvalue weighted by Crippen LogP contribution is 2.26. The molecular weight excluding hydrogens is 300 g/mol. The number of unbranched alkanes of at least 4 members (excludes halogenated alkanes) is 5. The number of benzene rings is 2. The van der Waals surface area contributed by atoms with E-state index in [1.807, 2.05) is 36.4 Å². The average molecular weight is 326 g/mol. The maximum absolute atomic E-state index is 12.8. The van der Waals surface area contributed by atoms with Crippen LogP contribution < -0.4 is 4.89 Å². The molecule has 0 amide bonds. The summed E-state index contributed by atoms with van der Waals surface area (Å²) in [4.78, 5) is 17.3. The van der Waals surface area contributed by atoms with Crippen molar-refractivity contribution in [2.24, 2.45) is 0 Å². The molecule has 1 N–H and O–H groups in total. The van der Waals surface area contributed by atoms with E-state index in [0.29, 0.717) is 16.9 Å². The van der Waals surface area contributed by atoms with E-state index in [9.17, 15) is 4.79 Å². The summed E-state index contributed by atoms with van der Waals surface area (Å²) >= 11 is 0. The lowest BCUT2D eigenvalue weighted by molar-refractivity contribution is -0.138. The van der Waals surface area contributed by atoms with Gasteiger partial charge in [0.2, 0.25) is 0 Å². The van der Waals surface area contributed by atoms with E-state index in [1.165, 1.54) is 25.7 Å². The van der Waals surface area contributed by atoms with Crippen molar-refractivity contribution in [3.8, 4) is 5.75 Å². The van der Waals surface area contributed by atoms with E-state index < -0.39 is 0 Å². The Hall–Kier alpha value is -2.13. The fraction of sp³-hybridized carbons (Fsp3) is 0.381. The summed E-state index contributed by atoms with van der Waals surface area (Å²) in [7, 11) is 0. The Morgan fingerprint density at radius 2 is 1.62 bits per heavy atom. The van der Waals surface area contributed by atoms with Crippen molar-refractivity contribution in [2.45, 2.75) is 51.9 Å². The van der Waals surface area contributed by atoms with E-state index in [-0.39, 0.29) is 5.78 Å². The molecule has 0 fully saturated rings. The quantitative estimate of drug-likeness (QED) is 0.265. The fourth-order valence-electron chi connectivity index (χ4n) is 2.95. The first kappa shape index (κ1) is 18.2. The molecule has 0 radical (unpaired) electrons. The van der Waals surface area contributed by atoms with E-state index in [0.717, 1.165) is 24.8 Å². The molecule has 2 aromatic rings. The maximum Gasteiger partial charge on any atom is 0.193 e. The van der Waals surface area contributed by atoms with E-state index >= 15 is 0 Å². The molecule has 0 bridgehead atoms. The van der Waals surface area contributed by atoms with Gasteiger partial charge in [-0.3, -0.25) is 4.79 Å². The van der Waals surface area contributed by atoms with Gasteiger partial charge in [-0.1, -0.05) is 81.5 Å². The van der Waals surface area contributed by atoms with Gasteiger partial charge in [-0.25, -0.2) is 5.26 Å². The van der Waals surface area contributed by atoms with Crippen LogP contribution in [0.25, 0.3) is 0 Å². The van der Waals surface area contributed by atoms with Crippen molar-refractivity contribution in [3.63, 3.8) is 0 Å². The van der Waals surface area contributed by atoms with Gasteiger partial charge in [0, 0.05) is 16.7 Å². The van der Waals surface area contributed by atoms with E-state index in [4.69, 9.17) is 5.26 Å². The third-order valence-electron chi connectivity index (χ3n) is 4.29. The smallest absolute Gasteiger partial charge is 0.193 e. The summed E-state index contributed by atoms with van der Waals surface area (Å²) in [5.74, 6) is 0.348. The minimum atomic E-state index is -0.0320. The molecular formula is C21H26O3. The van der Waals surface area contributed by atoms with Crippen LogP contribution in [-0.2, 0) is 6.42 Å². The summed E-state index contributed by atoms with van der Waals surface area (Å²) < 4.78 is 0. The Morgan fingerprint density at radius 3 is 2.33 bits per heavy atom. The molecule has 0 aliphatic carbocycles. The van der Waals surface area contributed by atoms with Crippen molar-refractivity contribution in [1.29, 1.82) is 0 Å². The highest BCUT2D eigenvalue weighted by atomic mass is 17.1. The Bertz CT molecular complexity index is 635. The van der Waals surface area contributed by atoms with Crippen LogP contribution in [0.1, 0.15) is 66.9 Å². The Balaban J connectivity index is 2.12. The summed E-state index contributed by atoms with van der Waals surface area (Å²) in [5, 5.41) is 9.16. The van der Waals surface area contributed by atoms with Crippen LogP contribution in [-0.4, -0.2) is 11.0 Å². The van der Waals surface area contributed by atoms with Crippen molar-refractivity contribution in [1.82, 2.24) is 0 Å². The average Bonchev–Trinajstić information content (AvgIpc) is 2.64. The van der Waals surface area contributed by atoms with Gasteiger partial charge >= 0.3 is 0 Å². The molecule has 0 aromatic heterocycles. The predicted molar refractivity (Wildman–Crippen MR) is 96.7 cm³/mol. The normalized spacial score (nSPS) is 10.6. The van der Waals surface area contributed by atoms with Gasteiger partial charge < -0.3 is 4.89 Å². The molecule has 2 aromatic carbocycles. The van der Waals surface area contributed by atoms with Crippen LogP contribution >= 0.6 is 0 Å². The van der Waals surface area contributed by atoms with Gasteiger partial charge in [0.1, 0.15) is 0 Å². The van der Waals surface area contributed by atoms with Gasteiger partial charge in [-0.15, -0.1) is 0 Å². The van der Waals surface area contributed by atoms with Gasteiger partial charge in [-0.05, 0) is 18.9 Å². The second-order valence-corrected chi connectivity index (χ2v) is 6.09. The van der Waals surface area contributed by atoms with Crippen LogP contribution in [0.4, 0.5) is 0 Å². The van der Waals surface area contributed by atoms with Gasteiger partial charge in [0.05, 0.1) is 0 Å². The van der Waals surface area contributed by atoms with Gasteiger partial charge in [-0.2, -0.15) is 0 Å². The summed E-state index contributed by atoms with van der Waals surface area (Å²) in [6.45, 7) is 2.20. The predicted octanol–water partition coefficient (Wildman–Crippen LogP) is 5.67. The number of hydrogen-bond acceptors (Lipinski definition) is 3. The standard InChI is InChI=1S/C21H26O3/c1-2-3-4-5-6-10-14-18-19(15-11-16-20(18)24-23)21(22)17-12-8-7-9-13-17/h7-9,11-13,15-16,23H,2-6,10,14H2,1H3. The molecule has 128 valence electrons. The first-order valence-electron chi connectivity index (χ1n) is 8.81. The lowest BCUT2D eigenvalue weighted by Crippen LogP contribution is -2.07. The van der Waals surface area contributed by atoms with Crippen LogP contribution in [0.5, 0.6) is 5.75 Å². The highest BCUT2D eigenvalue weighted by molar-refractivity contribution is 6.10. The van der Waals surface area contributed by atoms with Crippen molar-refractivity contribution >= 4 is 5.78 Å². The highest BCUT2D eigenvalue weighted by Gasteiger charge is 2.17. The molecule has 24 heavy (non-hydrogen) atoms. The number of rotatable bonds is 10. The van der Waals surface area contributed by atoms with Gasteiger partial charge in [0.15, 0.2) is 11.5 Å². The second-order valence-electron chi connectivity index (χ2n) is 6.09. The maximum atomic E-state index is 12.8. The van der Waals surface area contributed by atoms with Crippen molar-refractivity contribution < 1.29 is 14.9 Å². The van der Waals surface area contributed by atoms with Gasteiger partial charge in [0.25, 0.3) is 0 Å². The SMILES string of the molecule is CCCCCCCCc1c(OO)cccc1C(=O)c1ccccc1. The first-order valence-corrected chi connectivity index (χ1v) is 8.81. The number of carbonyl (C=O) groups is 1. The topological polar surface area (TPSA) is 46.5 Å². The van der Waals surface area contributed by atoms with Crippen LogP contribution in [0.3, 0.4) is 0 Å². The lowest BCUT2D eigenvalue weighted by Gasteiger charge is -2.12. The summed E-state index contributed by atoms with van der Waals surface area (Å²) in [6, 6.07) is 14.5. The minimum Gasteiger partial charge on any atom is -0.340 e. The Morgan fingerprint density at radius 1 is 0.917 bits per heavy atom. The zero-order valence-corrected chi connectivity index (χ0v) is 14.3. The van der Waals surface area contributed by atoms with Crippen LogP contribution in [0.2, 0.25) is 0 Å². The minimum absolute atomic E-state index is 0.0320. The fourth-order valence-corrected chi connectivity index (χ4v) is 2.95. The number of carbonyl (C=O) groups excluding carboxylic acids is 1. The Kier molecular flexibility index (Phi) is 7.50. The molecule has 0 heterocycles. The number of ketones is 1. The zero-order valence-electron chi connectivity index (χ0n) is 14.3. The monoisotopic (exact) mass is 326 g/mol. The number of hydrogen-bond donors (Lipinski definition) is 1. The zero-order chi connectivity index (χ0) is 17.2. The Labute approximate surface area is 144 Å². The molecule has 0 atom stereocenters. The van der Waals surface area contributed by atoms with Crippen molar-refractivity contribution in [3.05, 3.63) is 65.2 Å². The molecule has 0 unspecified atom stereocenters. The lowest BCUT2D eigenvalue weighted by atomic mass is 9.94. The molecule has 2 rings (SSSR count). The van der Waals surface area contributed by atoms with Crippen molar-refractivity contribution in [2.75, 3.05) is 0 Å². The summed E-state index contributed by atoms with van der Waals surface area (Å²) in [6.07, 6.45) is 7.81. The second kappa shape index (κ2) is 9.89. The van der Waals surface area contributed by atoms with E-state index in [2.05, 4.69) is 11.8 Å².